The summed E-state index contributed by atoms with van der Waals surface area (Å²) in [5.41, 5.74) is 8.16. The molecule has 0 fully saturated rings. The van der Waals surface area contributed by atoms with Crippen LogP contribution < -0.4 is 5.19 Å². The standard InChI is InChI=1S/C21H32Si/c1-14-12-15-18-17-16(14)19(2,3)8-9-21(17,6)10-11-22(18,7)13-20(15,4)5/h12H,8-11,13H2,1-7H3. The van der Waals surface area contributed by atoms with E-state index in [4.69, 9.17) is 0 Å². The molecule has 0 bridgehead atoms. The molecule has 0 amide bonds. The van der Waals surface area contributed by atoms with E-state index in [2.05, 4.69) is 54.2 Å². The lowest BCUT2D eigenvalue weighted by Crippen LogP contribution is -2.55. The summed E-state index contributed by atoms with van der Waals surface area (Å²) in [6.45, 7) is 17.7. The lowest BCUT2D eigenvalue weighted by atomic mass is 9.59. The third kappa shape index (κ3) is 1.64. The minimum Gasteiger partial charge on any atom is -0.0652 e. The van der Waals surface area contributed by atoms with E-state index in [1.165, 1.54) is 31.4 Å². The number of hydrogen-bond acceptors (Lipinski definition) is 0. The van der Waals surface area contributed by atoms with Crippen LogP contribution in [-0.2, 0) is 16.2 Å². The van der Waals surface area contributed by atoms with Gasteiger partial charge in [0, 0.05) is 0 Å². The molecule has 1 aliphatic carbocycles. The minimum absolute atomic E-state index is 0.368. The summed E-state index contributed by atoms with van der Waals surface area (Å²) >= 11 is 0. The molecule has 2 atom stereocenters. The maximum atomic E-state index is 2.69. The number of benzene rings is 1. The van der Waals surface area contributed by atoms with Gasteiger partial charge in [-0.1, -0.05) is 58.5 Å². The van der Waals surface area contributed by atoms with E-state index in [1.807, 2.05) is 10.8 Å². The van der Waals surface area contributed by atoms with Crippen LogP contribution in [0.15, 0.2) is 6.07 Å². The molecular formula is C21H32Si. The van der Waals surface area contributed by atoms with Gasteiger partial charge in [-0.25, -0.2) is 0 Å². The Morgan fingerprint density at radius 1 is 0.909 bits per heavy atom. The topological polar surface area (TPSA) is 0 Å². The third-order valence-corrected chi connectivity index (χ3v) is 12.2. The Kier molecular flexibility index (Phi) is 2.66. The first-order valence-corrected chi connectivity index (χ1v) is 12.1. The van der Waals surface area contributed by atoms with E-state index < -0.39 is 8.07 Å². The second kappa shape index (κ2) is 3.91. The summed E-state index contributed by atoms with van der Waals surface area (Å²) in [5, 5.41) is 1.92. The van der Waals surface area contributed by atoms with Gasteiger partial charge >= 0.3 is 0 Å². The molecule has 1 aromatic carbocycles. The fourth-order valence-corrected chi connectivity index (χ4v) is 12.4. The van der Waals surface area contributed by atoms with Gasteiger partial charge in [0.15, 0.2) is 0 Å². The SMILES string of the molecule is Cc1cc2c3c4c1C(C)(C)CCC4(C)CC[Si]3(C)CC2(C)C. The number of hydrogen-bond donors (Lipinski definition) is 0. The van der Waals surface area contributed by atoms with Crippen molar-refractivity contribution < 1.29 is 0 Å². The quantitative estimate of drug-likeness (QED) is 0.570. The molecule has 2 unspecified atom stereocenters. The highest BCUT2D eigenvalue weighted by Gasteiger charge is 2.56. The van der Waals surface area contributed by atoms with Crippen molar-refractivity contribution in [3.63, 3.8) is 0 Å². The summed E-state index contributed by atoms with van der Waals surface area (Å²) in [5.74, 6) is 0. The van der Waals surface area contributed by atoms with Crippen molar-refractivity contribution in [3.8, 4) is 0 Å². The van der Waals surface area contributed by atoms with Crippen LogP contribution in [0, 0.1) is 6.92 Å². The molecule has 0 spiro atoms. The largest absolute Gasteiger partial charge is 0.0853 e. The van der Waals surface area contributed by atoms with E-state index in [9.17, 15) is 0 Å². The average molecular weight is 313 g/mol. The molecule has 3 aliphatic rings. The summed E-state index contributed by atoms with van der Waals surface area (Å²) in [4.78, 5) is 0. The predicted molar refractivity (Wildman–Crippen MR) is 99.3 cm³/mol. The third-order valence-electron chi connectivity index (χ3n) is 7.50. The van der Waals surface area contributed by atoms with E-state index in [0.717, 1.165) is 0 Å². The van der Waals surface area contributed by atoms with Crippen LogP contribution in [0.4, 0.5) is 0 Å². The average Bonchev–Trinajstić information content (AvgIpc) is 2.59. The van der Waals surface area contributed by atoms with Crippen molar-refractivity contribution in [2.45, 2.75) is 95.7 Å². The fraction of sp³-hybridized carbons (Fsp3) is 0.714. The summed E-state index contributed by atoms with van der Waals surface area (Å²) in [6, 6.07) is 5.60. The molecule has 0 saturated carbocycles. The Bertz CT molecular complexity index is 682. The molecule has 0 N–H and O–H groups in total. The molecular weight excluding hydrogens is 280 g/mol. The van der Waals surface area contributed by atoms with E-state index >= 15 is 0 Å². The Balaban J connectivity index is 2.16. The molecule has 2 aliphatic heterocycles. The van der Waals surface area contributed by atoms with Gasteiger partial charge in [0.1, 0.15) is 0 Å². The highest BCUT2D eigenvalue weighted by molar-refractivity contribution is 6.93. The summed E-state index contributed by atoms with van der Waals surface area (Å²) in [6.07, 6.45) is 4.20. The van der Waals surface area contributed by atoms with Gasteiger partial charge in [0.25, 0.3) is 0 Å². The van der Waals surface area contributed by atoms with Crippen LogP contribution in [0.1, 0.15) is 76.1 Å². The fourth-order valence-electron chi connectivity index (χ4n) is 6.47. The maximum absolute atomic E-state index is 2.69. The van der Waals surface area contributed by atoms with Crippen molar-refractivity contribution in [3.05, 3.63) is 28.3 Å². The van der Waals surface area contributed by atoms with E-state index in [-0.39, 0.29) is 0 Å². The molecule has 2 heterocycles. The van der Waals surface area contributed by atoms with Gasteiger partial charge in [-0.05, 0) is 70.7 Å². The van der Waals surface area contributed by atoms with E-state index in [0.29, 0.717) is 16.2 Å². The van der Waals surface area contributed by atoms with Gasteiger partial charge in [-0.3, -0.25) is 0 Å². The second-order valence-corrected chi connectivity index (χ2v) is 14.9. The zero-order valence-electron chi connectivity index (χ0n) is 15.6. The van der Waals surface area contributed by atoms with Crippen molar-refractivity contribution in [2.75, 3.05) is 0 Å². The summed E-state index contributed by atoms with van der Waals surface area (Å²) < 4.78 is 0. The Labute approximate surface area is 137 Å². The molecule has 4 rings (SSSR count). The van der Waals surface area contributed by atoms with Gasteiger partial charge < -0.3 is 0 Å². The lowest BCUT2D eigenvalue weighted by Gasteiger charge is -2.51. The van der Waals surface area contributed by atoms with Gasteiger partial charge in [-0.2, -0.15) is 0 Å². The number of aryl methyl sites for hydroxylation is 1. The molecule has 22 heavy (non-hydrogen) atoms. The molecule has 0 radical (unpaired) electrons. The van der Waals surface area contributed by atoms with Crippen molar-refractivity contribution in [2.24, 2.45) is 0 Å². The van der Waals surface area contributed by atoms with E-state index in [1.54, 1.807) is 16.7 Å². The highest BCUT2D eigenvalue weighted by Crippen LogP contribution is 2.56. The second-order valence-electron chi connectivity index (χ2n) is 10.4. The van der Waals surface area contributed by atoms with Gasteiger partial charge in [0.2, 0.25) is 0 Å². The monoisotopic (exact) mass is 312 g/mol. The smallest absolute Gasteiger partial charge is 0.0652 e. The Hall–Kier alpha value is -0.563. The molecule has 1 aromatic rings. The van der Waals surface area contributed by atoms with Crippen molar-refractivity contribution >= 4 is 13.3 Å². The van der Waals surface area contributed by atoms with Crippen LogP contribution >= 0.6 is 0 Å². The van der Waals surface area contributed by atoms with Crippen molar-refractivity contribution in [1.29, 1.82) is 0 Å². The van der Waals surface area contributed by atoms with Crippen LogP contribution in [0.25, 0.3) is 0 Å². The first-order chi connectivity index (χ1) is 10.0. The first kappa shape index (κ1) is 15.0. The zero-order chi connectivity index (χ0) is 16.1. The molecule has 0 nitrogen and oxygen atoms in total. The highest BCUT2D eigenvalue weighted by atomic mass is 28.3. The lowest BCUT2D eigenvalue weighted by molar-refractivity contribution is 0.301. The molecule has 1 heteroatoms. The van der Waals surface area contributed by atoms with Crippen LogP contribution in [-0.4, -0.2) is 8.07 Å². The zero-order valence-corrected chi connectivity index (χ0v) is 16.6. The maximum Gasteiger partial charge on any atom is 0.0853 e. The van der Waals surface area contributed by atoms with Crippen LogP contribution in [0.3, 0.4) is 0 Å². The summed E-state index contributed by atoms with van der Waals surface area (Å²) in [7, 11) is -1.26. The number of rotatable bonds is 0. The molecule has 0 saturated heterocycles. The van der Waals surface area contributed by atoms with Gasteiger partial charge in [0.05, 0.1) is 8.07 Å². The Morgan fingerprint density at radius 3 is 2.27 bits per heavy atom. The predicted octanol–water partition coefficient (Wildman–Crippen LogP) is 5.30. The first-order valence-electron chi connectivity index (χ1n) is 9.20. The Morgan fingerprint density at radius 2 is 1.59 bits per heavy atom. The molecule has 120 valence electrons. The van der Waals surface area contributed by atoms with Crippen LogP contribution in [0.5, 0.6) is 0 Å². The normalized spacial score (nSPS) is 37.0. The minimum atomic E-state index is -1.26. The molecule has 0 aromatic heterocycles. The van der Waals surface area contributed by atoms with Gasteiger partial charge in [-0.15, -0.1) is 0 Å². The van der Waals surface area contributed by atoms with Crippen molar-refractivity contribution in [1.82, 2.24) is 0 Å². The van der Waals surface area contributed by atoms with Crippen LogP contribution in [0.2, 0.25) is 18.6 Å².